The molecule has 19 heavy (non-hydrogen) atoms. The molecule has 1 fully saturated rings. The zero-order valence-electron chi connectivity index (χ0n) is 10.2. The van der Waals surface area contributed by atoms with E-state index in [0.717, 1.165) is 0 Å². The van der Waals surface area contributed by atoms with Crippen LogP contribution in [0.3, 0.4) is 0 Å². The third-order valence-electron chi connectivity index (χ3n) is 3.28. The van der Waals surface area contributed by atoms with Crippen molar-refractivity contribution < 1.29 is 18.3 Å². The van der Waals surface area contributed by atoms with Crippen LogP contribution in [0.2, 0.25) is 0 Å². The molecule has 7 heteroatoms. The van der Waals surface area contributed by atoms with Crippen molar-refractivity contribution in [1.29, 1.82) is 0 Å². The van der Waals surface area contributed by atoms with Crippen LogP contribution < -0.4 is 9.47 Å². The molecule has 0 saturated heterocycles. The Balaban J connectivity index is 1.88. The molecule has 1 atom stereocenters. The van der Waals surface area contributed by atoms with Gasteiger partial charge in [-0.3, -0.25) is 0 Å². The predicted octanol–water partition coefficient (Wildman–Crippen LogP) is 3.75. The second-order valence-electron chi connectivity index (χ2n) is 4.65. The molecule has 0 radical (unpaired) electrons. The Morgan fingerprint density at radius 1 is 1.47 bits per heavy atom. The van der Waals surface area contributed by atoms with Crippen molar-refractivity contribution in [3.05, 3.63) is 10.7 Å². The lowest BCUT2D eigenvalue weighted by atomic mass is 10.1. The number of pyridine rings is 1. The Bertz CT molecular complexity index is 511. The maximum absolute atomic E-state index is 14.0. The number of ether oxygens (including phenoxy) is 2. The Morgan fingerprint density at radius 2 is 2.21 bits per heavy atom. The first-order chi connectivity index (χ1) is 9.02. The highest BCUT2D eigenvalue weighted by molar-refractivity contribution is 9.10. The molecular weight excluding hydrogens is 340 g/mol. The van der Waals surface area contributed by atoms with Crippen LogP contribution in [-0.2, 0) is 0 Å². The Morgan fingerprint density at radius 3 is 2.84 bits per heavy atom. The molecule has 1 aromatic heterocycles. The molecular formula is C12H12BrF2NO2S. The van der Waals surface area contributed by atoms with E-state index >= 15 is 0 Å². The highest BCUT2D eigenvalue weighted by atomic mass is 79.9. The fourth-order valence-corrected chi connectivity index (χ4v) is 3.07. The molecule has 1 aliphatic carbocycles. The van der Waals surface area contributed by atoms with Gasteiger partial charge in [-0.15, -0.1) is 11.8 Å². The van der Waals surface area contributed by atoms with Crippen LogP contribution in [0.5, 0.6) is 11.5 Å². The van der Waals surface area contributed by atoms with E-state index in [2.05, 4.69) is 20.9 Å². The standard InChI is InChI=1S/C12H12BrF2NO2S/c1-19-9-4-7-10(11(13)16-9)17-5-8(18-7)12(14,15)6-2-3-6/h4,6,8H,2-3,5H2,1H3. The van der Waals surface area contributed by atoms with E-state index in [1.165, 1.54) is 11.8 Å². The molecule has 0 bridgehead atoms. The van der Waals surface area contributed by atoms with E-state index < -0.39 is 17.9 Å². The van der Waals surface area contributed by atoms with Gasteiger partial charge in [0.15, 0.2) is 22.2 Å². The SMILES string of the molecule is CSc1cc2c(c(Br)n1)OCC(C(F)(F)C1CC1)O2. The smallest absolute Gasteiger partial charge is 0.290 e. The minimum Gasteiger partial charge on any atom is -0.483 e. The molecule has 1 aliphatic heterocycles. The van der Waals surface area contributed by atoms with Crippen molar-refractivity contribution in [2.75, 3.05) is 12.9 Å². The van der Waals surface area contributed by atoms with Crippen molar-refractivity contribution in [1.82, 2.24) is 4.98 Å². The Kier molecular flexibility index (Phi) is 3.37. The van der Waals surface area contributed by atoms with Crippen molar-refractivity contribution in [3.63, 3.8) is 0 Å². The summed E-state index contributed by atoms with van der Waals surface area (Å²) in [6.07, 6.45) is 1.78. The molecule has 1 aromatic rings. The summed E-state index contributed by atoms with van der Waals surface area (Å²) < 4.78 is 39.4. The number of rotatable bonds is 3. The van der Waals surface area contributed by atoms with Gasteiger partial charge >= 0.3 is 0 Å². The monoisotopic (exact) mass is 351 g/mol. The van der Waals surface area contributed by atoms with Gasteiger partial charge < -0.3 is 9.47 Å². The average Bonchev–Trinajstić information content (AvgIpc) is 3.22. The van der Waals surface area contributed by atoms with Gasteiger partial charge in [0.25, 0.3) is 5.92 Å². The molecule has 0 aromatic carbocycles. The summed E-state index contributed by atoms with van der Waals surface area (Å²) in [6, 6.07) is 1.64. The fraction of sp³-hybridized carbons (Fsp3) is 0.583. The number of hydrogen-bond acceptors (Lipinski definition) is 4. The summed E-state index contributed by atoms with van der Waals surface area (Å²) >= 11 is 4.69. The van der Waals surface area contributed by atoms with E-state index in [1.807, 2.05) is 6.26 Å². The molecule has 0 N–H and O–H groups in total. The number of nitrogens with zero attached hydrogens (tertiary/aromatic N) is 1. The van der Waals surface area contributed by atoms with Crippen molar-refractivity contribution in [3.8, 4) is 11.5 Å². The van der Waals surface area contributed by atoms with Crippen LogP contribution in [0, 0.1) is 5.92 Å². The van der Waals surface area contributed by atoms with Crippen molar-refractivity contribution in [2.45, 2.75) is 29.9 Å². The summed E-state index contributed by atoms with van der Waals surface area (Å²) in [5, 5.41) is 0.699. The minimum atomic E-state index is -2.83. The molecule has 0 amide bonds. The second kappa shape index (κ2) is 4.77. The first-order valence-electron chi connectivity index (χ1n) is 5.94. The summed E-state index contributed by atoms with van der Waals surface area (Å²) in [4.78, 5) is 4.23. The third-order valence-corrected chi connectivity index (χ3v) is 4.45. The lowest BCUT2D eigenvalue weighted by Gasteiger charge is -2.32. The third kappa shape index (κ3) is 2.42. The quantitative estimate of drug-likeness (QED) is 0.613. The lowest BCUT2D eigenvalue weighted by molar-refractivity contribution is -0.133. The van der Waals surface area contributed by atoms with Crippen LogP contribution in [0.1, 0.15) is 12.8 Å². The maximum atomic E-state index is 14.0. The van der Waals surface area contributed by atoms with Crippen LogP contribution in [-0.4, -0.2) is 29.9 Å². The zero-order valence-corrected chi connectivity index (χ0v) is 12.6. The van der Waals surface area contributed by atoms with E-state index in [0.29, 0.717) is 34.0 Å². The highest BCUT2D eigenvalue weighted by Gasteiger charge is 2.55. The molecule has 2 heterocycles. The molecule has 1 unspecified atom stereocenters. The van der Waals surface area contributed by atoms with E-state index in [4.69, 9.17) is 9.47 Å². The summed E-state index contributed by atoms with van der Waals surface area (Å²) in [6.45, 7) is -0.143. The number of fused-ring (bicyclic) bond motifs is 1. The number of halogens is 3. The van der Waals surface area contributed by atoms with Gasteiger partial charge in [-0.25, -0.2) is 13.8 Å². The number of hydrogen-bond donors (Lipinski definition) is 0. The molecule has 3 rings (SSSR count). The van der Waals surface area contributed by atoms with Crippen LogP contribution in [0.25, 0.3) is 0 Å². The van der Waals surface area contributed by atoms with Crippen LogP contribution in [0.4, 0.5) is 8.78 Å². The van der Waals surface area contributed by atoms with Gasteiger partial charge in [0.1, 0.15) is 11.6 Å². The normalized spacial score (nSPS) is 22.4. The van der Waals surface area contributed by atoms with Gasteiger partial charge in [0.05, 0.1) is 0 Å². The van der Waals surface area contributed by atoms with Crippen LogP contribution >= 0.6 is 27.7 Å². The number of thioether (sulfide) groups is 1. The molecule has 1 saturated carbocycles. The van der Waals surface area contributed by atoms with Gasteiger partial charge in [0.2, 0.25) is 0 Å². The Hall–Kier alpha value is -0.560. The maximum Gasteiger partial charge on any atom is 0.290 e. The molecule has 3 nitrogen and oxygen atoms in total. The predicted molar refractivity (Wildman–Crippen MR) is 71.3 cm³/mol. The van der Waals surface area contributed by atoms with Crippen molar-refractivity contribution in [2.24, 2.45) is 5.92 Å². The minimum absolute atomic E-state index is 0.143. The molecule has 0 spiro atoms. The summed E-state index contributed by atoms with van der Waals surface area (Å²) in [5.41, 5.74) is 0. The van der Waals surface area contributed by atoms with E-state index in [9.17, 15) is 8.78 Å². The molecule has 2 aliphatic rings. The van der Waals surface area contributed by atoms with Gasteiger partial charge in [-0.05, 0) is 35.0 Å². The fourth-order valence-electron chi connectivity index (χ4n) is 2.05. The van der Waals surface area contributed by atoms with Gasteiger partial charge in [-0.1, -0.05) is 0 Å². The number of aromatic nitrogens is 1. The lowest BCUT2D eigenvalue weighted by Crippen LogP contribution is -2.46. The second-order valence-corrected chi connectivity index (χ2v) is 6.23. The number of alkyl halides is 2. The topological polar surface area (TPSA) is 31.4 Å². The highest BCUT2D eigenvalue weighted by Crippen LogP contribution is 2.49. The summed E-state index contributed by atoms with van der Waals surface area (Å²) in [5.74, 6) is -2.65. The average molecular weight is 352 g/mol. The van der Waals surface area contributed by atoms with E-state index in [-0.39, 0.29) is 6.61 Å². The first kappa shape index (κ1) is 13.4. The molecule has 104 valence electrons. The van der Waals surface area contributed by atoms with Gasteiger partial charge in [-0.2, -0.15) is 0 Å². The van der Waals surface area contributed by atoms with Gasteiger partial charge in [0, 0.05) is 12.0 Å². The van der Waals surface area contributed by atoms with Crippen LogP contribution in [0.15, 0.2) is 15.7 Å². The summed E-state index contributed by atoms with van der Waals surface area (Å²) in [7, 11) is 0. The first-order valence-corrected chi connectivity index (χ1v) is 7.96. The largest absolute Gasteiger partial charge is 0.483 e. The van der Waals surface area contributed by atoms with Crippen molar-refractivity contribution >= 4 is 27.7 Å². The zero-order chi connectivity index (χ0) is 13.6. The Labute approximate surface area is 122 Å². The van der Waals surface area contributed by atoms with E-state index in [1.54, 1.807) is 6.07 Å².